The second-order valence-corrected chi connectivity index (χ2v) is 6.67. The van der Waals surface area contributed by atoms with E-state index in [0.29, 0.717) is 17.7 Å². The Labute approximate surface area is 130 Å². The van der Waals surface area contributed by atoms with Gasteiger partial charge < -0.3 is 0 Å². The first kappa shape index (κ1) is 14.5. The number of aromatic nitrogens is 1. The molecule has 112 valence electrons. The molecule has 0 aliphatic rings. The summed E-state index contributed by atoms with van der Waals surface area (Å²) in [6.45, 7) is 2.18. The molecular weight excluding hydrogens is 296 g/mol. The van der Waals surface area contributed by atoms with Crippen LogP contribution in [0.1, 0.15) is 6.92 Å². The molecule has 1 aromatic heterocycles. The van der Waals surface area contributed by atoms with Crippen molar-refractivity contribution >= 4 is 26.6 Å². The fourth-order valence-corrected chi connectivity index (χ4v) is 4.13. The van der Waals surface area contributed by atoms with Gasteiger partial charge in [0, 0.05) is 18.1 Å². The van der Waals surface area contributed by atoms with Gasteiger partial charge >= 0.3 is 0 Å². The van der Waals surface area contributed by atoms with Crippen molar-refractivity contribution in [3.8, 4) is 0 Å². The molecule has 0 atom stereocenters. The van der Waals surface area contributed by atoms with Crippen molar-refractivity contribution in [1.29, 1.82) is 0 Å². The fourth-order valence-electron chi connectivity index (χ4n) is 2.49. The zero-order valence-electron chi connectivity index (χ0n) is 12.2. The van der Waals surface area contributed by atoms with E-state index in [2.05, 4.69) is 4.98 Å². The Morgan fingerprint density at radius 2 is 1.68 bits per heavy atom. The van der Waals surface area contributed by atoms with Crippen molar-refractivity contribution in [3.05, 3.63) is 66.9 Å². The number of benzene rings is 2. The van der Waals surface area contributed by atoms with Crippen LogP contribution in [0.5, 0.6) is 0 Å². The lowest BCUT2D eigenvalue weighted by Crippen LogP contribution is -2.31. The minimum absolute atomic E-state index is 0.233. The minimum Gasteiger partial charge on any atom is -0.267 e. The molecule has 2 aromatic carbocycles. The predicted octanol–water partition coefficient (Wildman–Crippen LogP) is 3.45. The van der Waals surface area contributed by atoms with Gasteiger partial charge in [0.25, 0.3) is 10.0 Å². The van der Waals surface area contributed by atoms with Crippen molar-refractivity contribution in [2.24, 2.45) is 0 Å². The molecule has 0 fully saturated rings. The van der Waals surface area contributed by atoms with Crippen LogP contribution in [0.4, 0.5) is 5.69 Å². The maximum Gasteiger partial charge on any atom is 0.266 e. The Kier molecular flexibility index (Phi) is 3.81. The van der Waals surface area contributed by atoms with Crippen molar-refractivity contribution < 1.29 is 8.42 Å². The number of para-hydroxylation sites is 2. The van der Waals surface area contributed by atoms with Gasteiger partial charge in [-0.2, -0.15) is 0 Å². The van der Waals surface area contributed by atoms with Gasteiger partial charge in [-0.1, -0.05) is 36.4 Å². The molecule has 0 unspecified atom stereocenters. The first-order valence-electron chi connectivity index (χ1n) is 7.06. The summed E-state index contributed by atoms with van der Waals surface area (Å²) in [5, 5.41) is 0.813. The summed E-state index contributed by atoms with van der Waals surface area (Å²) < 4.78 is 27.5. The number of pyridine rings is 1. The normalized spacial score (nSPS) is 11.5. The Morgan fingerprint density at radius 1 is 0.955 bits per heavy atom. The highest BCUT2D eigenvalue weighted by Gasteiger charge is 2.25. The smallest absolute Gasteiger partial charge is 0.266 e. The number of nitrogens with zero attached hydrogens (tertiary/aromatic N) is 2. The van der Waals surface area contributed by atoms with Crippen LogP contribution in [0.3, 0.4) is 0 Å². The molecule has 0 N–H and O–H groups in total. The molecule has 22 heavy (non-hydrogen) atoms. The van der Waals surface area contributed by atoms with Crippen LogP contribution in [-0.2, 0) is 10.0 Å². The van der Waals surface area contributed by atoms with Gasteiger partial charge in [-0.05, 0) is 31.2 Å². The molecule has 0 saturated carbocycles. The molecular formula is C17H16N2O2S. The highest BCUT2D eigenvalue weighted by Crippen LogP contribution is 2.27. The van der Waals surface area contributed by atoms with E-state index in [9.17, 15) is 8.42 Å². The van der Waals surface area contributed by atoms with Gasteiger partial charge in [0.05, 0.1) is 11.2 Å². The number of hydrogen-bond acceptors (Lipinski definition) is 3. The Bertz CT molecular complexity index is 887. The number of anilines is 1. The van der Waals surface area contributed by atoms with Crippen molar-refractivity contribution in [3.63, 3.8) is 0 Å². The van der Waals surface area contributed by atoms with E-state index in [1.807, 2.05) is 37.3 Å². The quantitative estimate of drug-likeness (QED) is 0.741. The topological polar surface area (TPSA) is 50.3 Å². The SMILES string of the molecule is CCN(c1ccccc1)S(=O)(=O)c1cccc2cccnc12. The summed E-state index contributed by atoms with van der Waals surface area (Å²) in [6.07, 6.45) is 1.61. The molecule has 3 aromatic rings. The molecule has 0 radical (unpaired) electrons. The number of sulfonamides is 1. The number of fused-ring (bicyclic) bond motifs is 1. The number of rotatable bonds is 4. The van der Waals surface area contributed by atoms with Crippen molar-refractivity contribution in [1.82, 2.24) is 4.98 Å². The third-order valence-corrected chi connectivity index (χ3v) is 5.43. The van der Waals surface area contributed by atoms with Gasteiger partial charge in [-0.15, -0.1) is 0 Å². The lowest BCUT2D eigenvalue weighted by molar-refractivity contribution is 0.592. The van der Waals surface area contributed by atoms with Gasteiger partial charge in [-0.3, -0.25) is 9.29 Å². The van der Waals surface area contributed by atoms with Gasteiger partial charge in [0.1, 0.15) is 4.90 Å². The first-order valence-corrected chi connectivity index (χ1v) is 8.50. The average molecular weight is 312 g/mol. The van der Waals surface area contributed by atoms with Gasteiger partial charge in [0.2, 0.25) is 0 Å². The number of hydrogen-bond donors (Lipinski definition) is 0. The van der Waals surface area contributed by atoms with Crippen LogP contribution in [0.25, 0.3) is 10.9 Å². The lowest BCUT2D eigenvalue weighted by Gasteiger charge is -2.23. The standard InChI is InChI=1S/C17H16N2O2S/c1-2-19(15-10-4-3-5-11-15)22(20,21)16-12-6-8-14-9-7-13-18-17(14)16/h3-13H,2H2,1H3. The second-order valence-electron chi connectivity index (χ2n) is 4.84. The van der Waals surface area contributed by atoms with E-state index < -0.39 is 10.0 Å². The summed E-state index contributed by atoms with van der Waals surface area (Å²) in [7, 11) is -3.66. The monoisotopic (exact) mass is 312 g/mol. The highest BCUT2D eigenvalue weighted by atomic mass is 32.2. The van der Waals surface area contributed by atoms with Crippen LogP contribution >= 0.6 is 0 Å². The zero-order chi connectivity index (χ0) is 15.6. The average Bonchev–Trinajstić information content (AvgIpc) is 2.55. The summed E-state index contributed by atoms with van der Waals surface area (Å²) in [6, 6.07) is 18.0. The molecule has 0 bridgehead atoms. The molecule has 4 nitrogen and oxygen atoms in total. The molecule has 0 aliphatic heterocycles. The van der Waals surface area contributed by atoms with E-state index in [1.54, 1.807) is 36.5 Å². The zero-order valence-corrected chi connectivity index (χ0v) is 13.0. The maximum atomic E-state index is 13.1. The third kappa shape index (κ3) is 2.44. The van der Waals surface area contributed by atoms with Crippen LogP contribution < -0.4 is 4.31 Å². The first-order chi connectivity index (χ1) is 10.6. The molecule has 0 aliphatic carbocycles. The fraction of sp³-hybridized carbons (Fsp3) is 0.118. The largest absolute Gasteiger partial charge is 0.267 e. The molecule has 5 heteroatoms. The molecule has 3 rings (SSSR count). The third-order valence-electron chi connectivity index (χ3n) is 3.50. The van der Waals surface area contributed by atoms with E-state index in [0.717, 1.165) is 5.39 Å². The maximum absolute atomic E-state index is 13.1. The Morgan fingerprint density at radius 3 is 2.41 bits per heavy atom. The summed E-state index contributed by atoms with van der Waals surface area (Å²) in [5.74, 6) is 0. The molecule has 0 saturated heterocycles. The molecule has 0 spiro atoms. The van der Waals surface area contributed by atoms with E-state index in [4.69, 9.17) is 0 Å². The highest BCUT2D eigenvalue weighted by molar-refractivity contribution is 7.93. The van der Waals surface area contributed by atoms with Crippen LogP contribution in [0.2, 0.25) is 0 Å². The lowest BCUT2D eigenvalue weighted by atomic mass is 10.2. The van der Waals surface area contributed by atoms with Crippen LogP contribution in [0, 0.1) is 0 Å². The predicted molar refractivity (Wildman–Crippen MR) is 88.4 cm³/mol. The van der Waals surface area contributed by atoms with Gasteiger partial charge in [-0.25, -0.2) is 8.42 Å². The Hall–Kier alpha value is -2.40. The summed E-state index contributed by atoms with van der Waals surface area (Å²) in [4.78, 5) is 4.48. The second kappa shape index (κ2) is 5.77. The molecule has 1 heterocycles. The van der Waals surface area contributed by atoms with E-state index in [-0.39, 0.29) is 4.90 Å². The summed E-state index contributed by atoms with van der Waals surface area (Å²) >= 11 is 0. The minimum atomic E-state index is -3.66. The van der Waals surface area contributed by atoms with Gasteiger partial charge in [0.15, 0.2) is 0 Å². The van der Waals surface area contributed by atoms with Crippen LogP contribution in [0.15, 0.2) is 71.8 Å². The Balaban J connectivity index is 2.19. The van der Waals surface area contributed by atoms with E-state index in [1.165, 1.54) is 4.31 Å². The summed E-state index contributed by atoms with van der Waals surface area (Å²) in [5.41, 5.74) is 1.15. The van der Waals surface area contributed by atoms with Crippen molar-refractivity contribution in [2.75, 3.05) is 10.8 Å². The van der Waals surface area contributed by atoms with Crippen molar-refractivity contribution in [2.45, 2.75) is 11.8 Å². The molecule has 0 amide bonds. The van der Waals surface area contributed by atoms with Crippen LogP contribution in [-0.4, -0.2) is 19.9 Å². The van der Waals surface area contributed by atoms with E-state index >= 15 is 0 Å².